The van der Waals surface area contributed by atoms with E-state index in [0.29, 0.717) is 16.9 Å². The average Bonchev–Trinajstić information content (AvgIpc) is 2.74. The van der Waals surface area contributed by atoms with Crippen molar-refractivity contribution in [1.82, 2.24) is 15.2 Å². The van der Waals surface area contributed by atoms with Gasteiger partial charge in [-0.25, -0.2) is 4.39 Å². The number of anilines is 2. The fourth-order valence-electron chi connectivity index (χ4n) is 2.66. The standard InChI is InChI=1S/C22H22FN5O3S/c1-12(2)19(29)25-17-10-5-4-9-16(17)18-21(31)26-22(28-27-18)32-13(3)20(30)24-15-8-6-7-14(23)11-15/h4-13H,1-3H3,(H,24,30)(H,25,29)(H,26,28,31)/t13-/m1/s1. The molecule has 10 heteroatoms. The SMILES string of the molecule is CC(C)C(=O)Nc1ccccc1-c1nnc(S[C@H](C)C(=O)Nc2cccc(F)c2)[nH]c1=O. The quantitative estimate of drug-likeness (QED) is 0.468. The third kappa shape index (κ3) is 5.79. The van der Waals surface area contributed by atoms with Crippen molar-refractivity contribution in [2.24, 2.45) is 5.92 Å². The van der Waals surface area contributed by atoms with Crippen LogP contribution in [0.5, 0.6) is 0 Å². The Morgan fingerprint density at radius 2 is 1.75 bits per heavy atom. The van der Waals surface area contributed by atoms with E-state index in [1.54, 1.807) is 51.1 Å². The molecule has 3 N–H and O–H groups in total. The Bertz CT molecular complexity index is 1200. The number of para-hydroxylation sites is 1. The molecule has 0 saturated heterocycles. The lowest BCUT2D eigenvalue weighted by Gasteiger charge is -2.13. The van der Waals surface area contributed by atoms with Crippen molar-refractivity contribution in [1.29, 1.82) is 0 Å². The van der Waals surface area contributed by atoms with Gasteiger partial charge in [0.25, 0.3) is 5.56 Å². The molecule has 0 aliphatic heterocycles. The number of benzene rings is 2. The topological polar surface area (TPSA) is 117 Å². The number of aromatic nitrogens is 3. The lowest BCUT2D eigenvalue weighted by atomic mass is 10.1. The van der Waals surface area contributed by atoms with Crippen LogP contribution < -0.4 is 16.2 Å². The number of hydrogen-bond acceptors (Lipinski definition) is 6. The van der Waals surface area contributed by atoms with Crippen molar-refractivity contribution >= 4 is 35.0 Å². The molecule has 0 fully saturated rings. The molecule has 3 aromatic rings. The summed E-state index contributed by atoms with van der Waals surface area (Å²) in [7, 11) is 0. The molecular formula is C22H22FN5O3S. The van der Waals surface area contributed by atoms with Crippen LogP contribution >= 0.6 is 11.8 Å². The molecule has 1 atom stereocenters. The van der Waals surface area contributed by atoms with Gasteiger partial charge < -0.3 is 10.6 Å². The van der Waals surface area contributed by atoms with E-state index in [1.807, 2.05) is 0 Å². The molecule has 1 heterocycles. The number of nitrogens with zero attached hydrogens (tertiary/aromatic N) is 2. The molecule has 3 rings (SSSR count). The van der Waals surface area contributed by atoms with Gasteiger partial charge in [0.15, 0.2) is 10.9 Å². The van der Waals surface area contributed by atoms with Crippen LogP contribution in [0.15, 0.2) is 58.5 Å². The van der Waals surface area contributed by atoms with Gasteiger partial charge in [0.1, 0.15) is 5.82 Å². The van der Waals surface area contributed by atoms with E-state index in [9.17, 15) is 18.8 Å². The first-order chi connectivity index (χ1) is 15.2. The molecule has 0 bridgehead atoms. The number of amides is 2. The minimum Gasteiger partial charge on any atom is -0.325 e. The highest BCUT2D eigenvalue weighted by atomic mass is 32.2. The maximum Gasteiger partial charge on any atom is 0.278 e. The number of H-pyrrole nitrogens is 1. The van der Waals surface area contributed by atoms with Gasteiger partial charge in [0.05, 0.1) is 10.9 Å². The third-order valence-electron chi connectivity index (χ3n) is 4.39. The van der Waals surface area contributed by atoms with Gasteiger partial charge in [-0.05, 0) is 31.2 Å². The van der Waals surface area contributed by atoms with Crippen LogP contribution in [0.1, 0.15) is 20.8 Å². The minimum atomic E-state index is -0.633. The van der Waals surface area contributed by atoms with E-state index >= 15 is 0 Å². The fourth-order valence-corrected chi connectivity index (χ4v) is 3.40. The van der Waals surface area contributed by atoms with E-state index < -0.39 is 16.6 Å². The Kier molecular flexibility index (Phi) is 7.37. The predicted octanol–water partition coefficient (Wildman–Crippen LogP) is 3.68. The van der Waals surface area contributed by atoms with Crippen LogP contribution in [-0.4, -0.2) is 32.2 Å². The van der Waals surface area contributed by atoms with E-state index in [1.165, 1.54) is 18.2 Å². The first-order valence-electron chi connectivity index (χ1n) is 9.85. The van der Waals surface area contributed by atoms with Crippen molar-refractivity contribution in [2.75, 3.05) is 10.6 Å². The van der Waals surface area contributed by atoms with Gasteiger partial charge in [-0.2, -0.15) is 0 Å². The second kappa shape index (κ2) is 10.2. The monoisotopic (exact) mass is 455 g/mol. The number of rotatable bonds is 7. The highest BCUT2D eigenvalue weighted by molar-refractivity contribution is 8.00. The summed E-state index contributed by atoms with van der Waals surface area (Å²) < 4.78 is 13.3. The molecule has 0 unspecified atom stereocenters. The molecule has 1 aromatic heterocycles. The Morgan fingerprint density at radius 1 is 1.00 bits per heavy atom. The molecule has 32 heavy (non-hydrogen) atoms. The molecule has 0 saturated carbocycles. The summed E-state index contributed by atoms with van der Waals surface area (Å²) in [5.74, 6) is -1.26. The van der Waals surface area contributed by atoms with Crippen molar-refractivity contribution in [2.45, 2.75) is 31.2 Å². The van der Waals surface area contributed by atoms with E-state index in [-0.39, 0.29) is 28.6 Å². The Morgan fingerprint density at radius 3 is 2.44 bits per heavy atom. The number of thioether (sulfide) groups is 1. The molecule has 166 valence electrons. The molecule has 0 aliphatic rings. The summed E-state index contributed by atoms with van der Waals surface area (Å²) in [6, 6.07) is 12.4. The second-order valence-electron chi connectivity index (χ2n) is 7.26. The number of nitrogens with one attached hydrogen (secondary N) is 3. The Balaban J connectivity index is 1.75. The average molecular weight is 456 g/mol. The normalized spacial score (nSPS) is 11.8. The molecule has 0 radical (unpaired) electrons. The number of carbonyl (C=O) groups excluding carboxylic acids is 2. The highest BCUT2D eigenvalue weighted by Gasteiger charge is 2.19. The van der Waals surface area contributed by atoms with Gasteiger partial charge in [0.2, 0.25) is 11.8 Å². The van der Waals surface area contributed by atoms with E-state index in [0.717, 1.165) is 11.8 Å². The summed E-state index contributed by atoms with van der Waals surface area (Å²) in [4.78, 5) is 39.7. The highest BCUT2D eigenvalue weighted by Crippen LogP contribution is 2.25. The Labute approximate surface area is 188 Å². The fraction of sp³-hybridized carbons (Fsp3) is 0.227. The van der Waals surface area contributed by atoms with Crippen LogP contribution in [-0.2, 0) is 9.59 Å². The Hall–Kier alpha value is -3.53. The summed E-state index contributed by atoms with van der Waals surface area (Å²) >= 11 is 1.01. The van der Waals surface area contributed by atoms with Gasteiger partial charge in [-0.3, -0.25) is 19.4 Å². The summed E-state index contributed by atoms with van der Waals surface area (Å²) in [6.45, 7) is 5.16. The molecule has 0 aliphatic carbocycles. The molecular weight excluding hydrogens is 433 g/mol. The van der Waals surface area contributed by atoms with E-state index in [2.05, 4.69) is 25.8 Å². The third-order valence-corrected chi connectivity index (χ3v) is 5.37. The van der Waals surface area contributed by atoms with Crippen LogP contribution in [0.25, 0.3) is 11.3 Å². The van der Waals surface area contributed by atoms with Gasteiger partial charge in [-0.1, -0.05) is 49.9 Å². The van der Waals surface area contributed by atoms with Crippen LogP contribution in [0.4, 0.5) is 15.8 Å². The van der Waals surface area contributed by atoms with Crippen LogP contribution in [0.2, 0.25) is 0 Å². The maximum absolute atomic E-state index is 13.3. The number of aromatic amines is 1. The molecule has 2 amide bonds. The van der Waals surface area contributed by atoms with Crippen molar-refractivity contribution < 1.29 is 14.0 Å². The zero-order chi connectivity index (χ0) is 23.3. The molecule has 8 nitrogen and oxygen atoms in total. The summed E-state index contributed by atoms with van der Waals surface area (Å²) in [5.41, 5.74) is 0.757. The second-order valence-corrected chi connectivity index (χ2v) is 8.59. The minimum absolute atomic E-state index is 0.0471. The van der Waals surface area contributed by atoms with Gasteiger partial charge in [-0.15, -0.1) is 10.2 Å². The molecule has 2 aromatic carbocycles. The van der Waals surface area contributed by atoms with E-state index in [4.69, 9.17) is 0 Å². The number of carbonyl (C=O) groups is 2. The zero-order valence-corrected chi connectivity index (χ0v) is 18.5. The lowest BCUT2D eigenvalue weighted by molar-refractivity contribution is -0.119. The number of hydrogen-bond donors (Lipinski definition) is 3. The first kappa shape index (κ1) is 23.1. The van der Waals surface area contributed by atoms with Gasteiger partial charge >= 0.3 is 0 Å². The smallest absolute Gasteiger partial charge is 0.278 e. The zero-order valence-electron chi connectivity index (χ0n) is 17.7. The van der Waals surface area contributed by atoms with Gasteiger partial charge in [0, 0.05) is 17.2 Å². The van der Waals surface area contributed by atoms with Crippen LogP contribution in [0.3, 0.4) is 0 Å². The van der Waals surface area contributed by atoms with Crippen LogP contribution in [0, 0.1) is 11.7 Å². The summed E-state index contributed by atoms with van der Waals surface area (Å²) in [6.07, 6.45) is 0. The summed E-state index contributed by atoms with van der Waals surface area (Å²) in [5, 5.41) is 13.0. The predicted molar refractivity (Wildman–Crippen MR) is 122 cm³/mol. The van der Waals surface area contributed by atoms with Crippen molar-refractivity contribution in [3.8, 4) is 11.3 Å². The maximum atomic E-state index is 13.3. The van der Waals surface area contributed by atoms with Crippen molar-refractivity contribution in [3.05, 3.63) is 64.7 Å². The number of halogens is 1. The largest absolute Gasteiger partial charge is 0.325 e. The first-order valence-corrected chi connectivity index (χ1v) is 10.7. The molecule has 0 spiro atoms. The lowest BCUT2D eigenvalue weighted by Crippen LogP contribution is -2.24. The van der Waals surface area contributed by atoms with Crippen molar-refractivity contribution in [3.63, 3.8) is 0 Å².